The first kappa shape index (κ1) is 9.05. The number of hydrogen-bond donors (Lipinski definition) is 1. The van der Waals surface area contributed by atoms with Gasteiger partial charge in [0.2, 0.25) is 0 Å². The molecule has 0 saturated carbocycles. The maximum Gasteiger partial charge on any atom is 0.346 e. The third-order valence-electron chi connectivity index (χ3n) is 0.833. The lowest BCUT2D eigenvalue weighted by Crippen LogP contribution is -2.19. The maximum absolute atomic E-state index is 8.45. The van der Waals surface area contributed by atoms with Crippen LogP contribution in [0.2, 0.25) is 5.54 Å². The summed E-state index contributed by atoms with van der Waals surface area (Å²) in [7, 11) is 0. The third-order valence-corrected chi connectivity index (χ3v) is 5.49. The fourth-order valence-corrected chi connectivity index (χ4v) is 0.932. The fraction of sp³-hybridized carbons (Fsp3) is 1.00. The Hall–Kier alpha value is 1.05. The predicted molar refractivity (Wildman–Crippen MR) is 39.8 cm³/mol. The lowest BCUT2D eigenvalue weighted by atomic mass is 10.5. The summed E-state index contributed by atoms with van der Waals surface area (Å²) in [5.41, 5.74) is -0.160. The molecule has 0 aromatic heterocycles. The van der Waals surface area contributed by atoms with Gasteiger partial charge in [0.25, 0.3) is 0 Å². The molecule has 1 unspecified atom stereocenters. The van der Waals surface area contributed by atoms with Crippen molar-refractivity contribution in [1.29, 1.82) is 0 Å². The summed E-state index contributed by atoms with van der Waals surface area (Å²) in [4.78, 5) is 0. The summed E-state index contributed by atoms with van der Waals surface area (Å²) in [6, 6.07) is -2.59. The van der Waals surface area contributed by atoms with Crippen LogP contribution in [-0.2, 0) is 0 Å². The van der Waals surface area contributed by atoms with Crippen LogP contribution >= 0.6 is 33.2 Å². The molecule has 0 aromatic rings. The average Bonchev–Trinajstić information content (AvgIpc) is 1.62. The molecule has 0 fully saturated rings. The van der Waals surface area contributed by atoms with Gasteiger partial charge in [0.05, 0.1) is 0 Å². The van der Waals surface area contributed by atoms with E-state index in [1.165, 1.54) is 0 Å². The van der Waals surface area contributed by atoms with E-state index in [1.807, 2.05) is 0 Å². The van der Waals surface area contributed by atoms with E-state index in [9.17, 15) is 0 Å². The maximum atomic E-state index is 8.45. The van der Waals surface area contributed by atoms with Crippen LogP contribution in [0.25, 0.3) is 0 Å². The first-order valence-corrected chi connectivity index (χ1v) is 7.27. The molecule has 1 nitrogen and oxygen atoms in total. The average molecular weight is 194 g/mol. The van der Waals surface area contributed by atoms with E-state index in [0.29, 0.717) is 0 Å². The van der Waals surface area contributed by atoms with Gasteiger partial charge in [-0.1, -0.05) is 6.92 Å². The highest BCUT2D eigenvalue weighted by Crippen LogP contribution is 2.32. The molecular formula is C3H7Cl3OSi. The fourth-order valence-electron chi connectivity index (χ4n) is 0.104. The number of hydrogen-bond acceptors (Lipinski definition) is 1. The SMILES string of the molecule is CC(CO)[Si](Cl)(Cl)Cl. The van der Waals surface area contributed by atoms with Crippen LogP contribution in [0.4, 0.5) is 0 Å². The van der Waals surface area contributed by atoms with Crippen LogP contribution in [-0.4, -0.2) is 17.7 Å². The Bertz CT molecular complexity index is 71.4. The molecule has 5 heteroatoms. The van der Waals surface area contributed by atoms with Gasteiger partial charge in [0.15, 0.2) is 0 Å². The first-order valence-electron chi connectivity index (χ1n) is 2.16. The minimum absolute atomic E-state index is 0.0390. The minimum Gasteiger partial charge on any atom is -0.396 e. The van der Waals surface area contributed by atoms with Gasteiger partial charge in [-0.2, -0.15) is 0 Å². The summed E-state index contributed by atoms with van der Waals surface area (Å²) in [6.45, 7) is 1.68. The number of halogens is 3. The standard InChI is InChI=1S/C3H7Cl3OSi/c1-3(2-7)8(4,5)6/h3,7H,2H2,1H3. The zero-order valence-corrected chi connectivity index (χ0v) is 7.63. The lowest BCUT2D eigenvalue weighted by molar-refractivity contribution is 0.294. The summed E-state index contributed by atoms with van der Waals surface area (Å²) in [6.07, 6.45) is 0. The van der Waals surface area contributed by atoms with Gasteiger partial charge < -0.3 is 5.11 Å². The van der Waals surface area contributed by atoms with Crippen molar-refractivity contribution < 1.29 is 5.11 Å². The van der Waals surface area contributed by atoms with Gasteiger partial charge in [-0.05, 0) is 0 Å². The molecule has 0 rings (SSSR count). The highest BCUT2D eigenvalue weighted by atomic mass is 35.8. The Balaban J connectivity index is 3.62. The molecule has 0 saturated heterocycles. The Kier molecular flexibility index (Phi) is 3.70. The van der Waals surface area contributed by atoms with Crippen LogP contribution in [0.15, 0.2) is 0 Å². The topological polar surface area (TPSA) is 20.2 Å². The monoisotopic (exact) mass is 192 g/mol. The molecule has 0 radical (unpaired) electrons. The molecule has 50 valence electrons. The first-order chi connectivity index (χ1) is 3.48. The van der Waals surface area contributed by atoms with Gasteiger partial charge >= 0.3 is 6.00 Å². The zero-order valence-electron chi connectivity index (χ0n) is 4.37. The van der Waals surface area contributed by atoms with Crippen molar-refractivity contribution in [2.45, 2.75) is 12.5 Å². The van der Waals surface area contributed by atoms with Gasteiger partial charge in [0, 0.05) is 12.1 Å². The van der Waals surface area contributed by atoms with Crippen molar-refractivity contribution in [3.05, 3.63) is 0 Å². The van der Waals surface area contributed by atoms with Crippen molar-refractivity contribution >= 4 is 39.2 Å². The number of rotatable bonds is 2. The Morgan fingerprint density at radius 2 is 1.88 bits per heavy atom. The lowest BCUT2D eigenvalue weighted by Gasteiger charge is -2.12. The van der Waals surface area contributed by atoms with Crippen LogP contribution in [0.3, 0.4) is 0 Å². The molecule has 0 aromatic carbocycles. The van der Waals surface area contributed by atoms with E-state index in [0.717, 1.165) is 0 Å². The Morgan fingerprint density at radius 3 is 1.88 bits per heavy atom. The Labute approximate surface area is 63.7 Å². The third kappa shape index (κ3) is 3.15. The summed E-state index contributed by atoms with van der Waals surface area (Å²) in [5, 5.41) is 8.45. The van der Waals surface area contributed by atoms with E-state index in [2.05, 4.69) is 0 Å². The van der Waals surface area contributed by atoms with E-state index in [4.69, 9.17) is 38.3 Å². The smallest absolute Gasteiger partial charge is 0.346 e. The molecule has 0 aliphatic carbocycles. The molecule has 0 amide bonds. The minimum atomic E-state index is -2.59. The van der Waals surface area contributed by atoms with Crippen molar-refractivity contribution in [1.82, 2.24) is 0 Å². The van der Waals surface area contributed by atoms with Crippen LogP contribution in [0.1, 0.15) is 6.92 Å². The molecular weight excluding hydrogens is 186 g/mol. The van der Waals surface area contributed by atoms with Crippen molar-refractivity contribution in [2.24, 2.45) is 0 Å². The van der Waals surface area contributed by atoms with E-state index in [-0.39, 0.29) is 12.1 Å². The van der Waals surface area contributed by atoms with Gasteiger partial charge in [-0.25, -0.2) is 0 Å². The van der Waals surface area contributed by atoms with Gasteiger partial charge in [-0.3, -0.25) is 0 Å². The molecule has 1 N–H and O–H groups in total. The summed E-state index contributed by atoms with van der Waals surface area (Å²) < 4.78 is 0. The van der Waals surface area contributed by atoms with Gasteiger partial charge in [0.1, 0.15) is 0 Å². The van der Waals surface area contributed by atoms with Crippen LogP contribution in [0.5, 0.6) is 0 Å². The van der Waals surface area contributed by atoms with E-state index in [1.54, 1.807) is 6.92 Å². The van der Waals surface area contributed by atoms with Crippen molar-refractivity contribution in [3.63, 3.8) is 0 Å². The quantitative estimate of drug-likeness (QED) is 0.526. The zero-order chi connectivity index (χ0) is 6.78. The summed E-state index contributed by atoms with van der Waals surface area (Å²) in [5.74, 6) is 0. The second kappa shape index (κ2) is 3.27. The van der Waals surface area contributed by atoms with E-state index >= 15 is 0 Å². The van der Waals surface area contributed by atoms with Gasteiger partial charge in [-0.15, -0.1) is 33.2 Å². The molecule has 8 heavy (non-hydrogen) atoms. The van der Waals surface area contributed by atoms with E-state index < -0.39 is 6.00 Å². The normalized spacial score (nSPS) is 16.1. The highest BCUT2D eigenvalue weighted by Gasteiger charge is 2.32. The molecule has 1 atom stereocenters. The number of aliphatic hydroxyl groups excluding tert-OH is 1. The van der Waals surface area contributed by atoms with Crippen LogP contribution < -0.4 is 0 Å². The van der Waals surface area contributed by atoms with Crippen molar-refractivity contribution in [2.75, 3.05) is 6.61 Å². The van der Waals surface area contributed by atoms with Crippen LogP contribution in [0, 0.1) is 0 Å². The predicted octanol–water partition coefficient (Wildman–Crippen LogP) is 2.02. The molecule has 0 bridgehead atoms. The highest BCUT2D eigenvalue weighted by molar-refractivity contribution is 7.65. The number of aliphatic hydroxyl groups is 1. The summed E-state index contributed by atoms with van der Waals surface area (Å²) >= 11 is 16.5. The second-order valence-corrected chi connectivity index (χ2v) is 10.8. The second-order valence-electron chi connectivity index (χ2n) is 1.63. The van der Waals surface area contributed by atoms with Crippen molar-refractivity contribution in [3.8, 4) is 0 Å². The Morgan fingerprint density at radius 1 is 1.50 bits per heavy atom. The molecule has 0 aliphatic rings. The molecule has 0 heterocycles. The molecule has 0 aliphatic heterocycles. The largest absolute Gasteiger partial charge is 0.396 e. The molecule has 0 spiro atoms.